The highest BCUT2D eigenvalue weighted by molar-refractivity contribution is 5.43. The van der Waals surface area contributed by atoms with Crippen LogP contribution < -0.4 is 5.73 Å². The number of benzene rings is 1. The number of hydrogen-bond donors (Lipinski definition) is 1. The molecule has 2 heteroatoms. The van der Waals surface area contributed by atoms with Crippen LogP contribution in [0, 0.1) is 0 Å². The summed E-state index contributed by atoms with van der Waals surface area (Å²) < 4.78 is 0. The number of nitrogens with two attached hydrogens (primary N) is 1. The predicted octanol–water partition coefficient (Wildman–Crippen LogP) is 3.42. The second-order valence-corrected chi connectivity index (χ2v) is 5.85. The molecule has 2 nitrogen and oxygen atoms in total. The van der Waals surface area contributed by atoms with Gasteiger partial charge in [0.05, 0.1) is 0 Å². The van der Waals surface area contributed by atoms with Crippen molar-refractivity contribution in [1.29, 1.82) is 0 Å². The van der Waals surface area contributed by atoms with Crippen molar-refractivity contribution in [2.75, 3.05) is 25.9 Å². The van der Waals surface area contributed by atoms with E-state index in [2.05, 4.69) is 31.0 Å². The average molecular weight is 246 g/mol. The number of nitrogens with zero attached hydrogens (tertiary/aromatic N) is 1. The van der Waals surface area contributed by atoms with Gasteiger partial charge in [0.2, 0.25) is 0 Å². The third-order valence-corrected chi connectivity index (χ3v) is 4.09. The first-order chi connectivity index (χ1) is 8.66. The fraction of sp³-hybridized carbons (Fsp3) is 0.625. The Morgan fingerprint density at radius 2 is 1.83 bits per heavy atom. The molecule has 0 heterocycles. The summed E-state index contributed by atoms with van der Waals surface area (Å²) in [5.74, 6) is 0. The fourth-order valence-electron chi connectivity index (χ4n) is 2.75. The lowest BCUT2D eigenvalue weighted by Crippen LogP contribution is -2.30. The summed E-state index contributed by atoms with van der Waals surface area (Å²) in [5, 5.41) is 0. The molecule has 2 N–H and O–H groups in total. The van der Waals surface area contributed by atoms with Gasteiger partial charge in [-0.05, 0) is 50.6 Å². The molecule has 1 aliphatic carbocycles. The highest BCUT2D eigenvalue weighted by Gasteiger charge is 2.44. The Bertz CT molecular complexity index is 365. The van der Waals surface area contributed by atoms with Gasteiger partial charge >= 0.3 is 0 Å². The van der Waals surface area contributed by atoms with E-state index in [1.54, 1.807) is 0 Å². The third kappa shape index (κ3) is 3.26. The van der Waals surface area contributed by atoms with E-state index < -0.39 is 0 Å². The van der Waals surface area contributed by atoms with Gasteiger partial charge in [0.25, 0.3) is 0 Å². The predicted molar refractivity (Wildman–Crippen MR) is 78.8 cm³/mol. The summed E-state index contributed by atoms with van der Waals surface area (Å²) >= 11 is 0. The molecule has 0 amide bonds. The molecule has 18 heavy (non-hydrogen) atoms. The van der Waals surface area contributed by atoms with Crippen molar-refractivity contribution in [2.24, 2.45) is 0 Å². The molecule has 1 fully saturated rings. The van der Waals surface area contributed by atoms with E-state index in [0.717, 1.165) is 5.69 Å². The molecule has 0 bridgehead atoms. The van der Waals surface area contributed by atoms with E-state index in [-0.39, 0.29) is 0 Å². The van der Waals surface area contributed by atoms with E-state index in [1.807, 2.05) is 12.1 Å². The molecular formula is C16H26N2. The van der Waals surface area contributed by atoms with Gasteiger partial charge in [0.1, 0.15) is 0 Å². The van der Waals surface area contributed by atoms with Gasteiger partial charge in [-0.2, -0.15) is 0 Å². The minimum Gasteiger partial charge on any atom is -0.399 e. The van der Waals surface area contributed by atoms with E-state index in [0.29, 0.717) is 5.41 Å². The number of hydrogen-bond acceptors (Lipinski definition) is 2. The zero-order valence-corrected chi connectivity index (χ0v) is 11.8. The summed E-state index contributed by atoms with van der Waals surface area (Å²) in [4.78, 5) is 2.50. The quantitative estimate of drug-likeness (QED) is 0.590. The van der Waals surface area contributed by atoms with Crippen molar-refractivity contribution in [3.63, 3.8) is 0 Å². The van der Waals surface area contributed by atoms with Crippen molar-refractivity contribution in [3.8, 4) is 0 Å². The van der Waals surface area contributed by atoms with Gasteiger partial charge in [-0.15, -0.1) is 0 Å². The van der Waals surface area contributed by atoms with Crippen LogP contribution >= 0.6 is 0 Å². The van der Waals surface area contributed by atoms with Gasteiger partial charge in [-0.3, -0.25) is 0 Å². The van der Waals surface area contributed by atoms with Gasteiger partial charge in [-0.25, -0.2) is 0 Å². The molecule has 2 rings (SSSR count). The molecule has 1 aliphatic rings. The van der Waals surface area contributed by atoms with Crippen LogP contribution in [-0.2, 0) is 5.41 Å². The monoisotopic (exact) mass is 246 g/mol. The first-order valence-electron chi connectivity index (χ1n) is 7.21. The molecular weight excluding hydrogens is 220 g/mol. The van der Waals surface area contributed by atoms with Crippen molar-refractivity contribution in [1.82, 2.24) is 4.90 Å². The maximum atomic E-state index is 5.76. The van der Waals surface area contributed by atoms with E-state index in [4.69, 9.17) is 5.73 Å². The number of anilines is 1. The van der Waals surface area contributed by atoms with Crippen molar-refractivity contribution in [2.45, 2.75) is 44.4 Å². The Morgan fingerprint density at radius 1 is 1.17 bits per heavy atom. The van der Waals surface area contributed by atoms with Crippen LogP contribution in [0.1, 0.15) is 44.6 Å². The highest BCUT2D eigenvalue weighted by atomic mass is 15.1. The second-order valence-electron chi connectivity index (χ2n) is 5.85. The number of rotatable bonds is 7. The van der Waals surface area contributed by atoms with Crippen molar-refractivity contribution >= 4 is 5.69 Å². The summed E-state index contributed by atoms with van der Waals surface area (Å²) in [6.45, 7) is 4.68. The van der Waals surface area contributed by atoms with Gasteiger partial charge in [-0.1, -0.05) is 31.9 Å². The Labute approximate surface area is 111 Å². The first-order valence-corrected chi connectivity index (χ1v) is 7.21. The molecule has 1 saturated carbocycles. The van der Waals surface area contributed by atoms with Crippen molar-refractivity contribution < 1.29 is 0 Å². The van der Waals surface area contributed by atoms with E-state index >= 15 is 0 Å². The van der Waals surface area contributed by atoms with Crippen LogP contribution in [0.5, 0.6) is 0 Å². The Balaban J connectivity index is 1.89. The average Bonchev–Trinajstić information content (AvgIpc) is 3.11. The number of nitrogen functional groups attached to an aromatic ring is 1. The maximum absolute atomic E-state index is 5.76. The normalized spacial score (nSPS) is 17.1. The molecule has 1 aromatic rings. The zero-order chi connectivity index (χ0) is 13.0. The smallest absolute Gasteiger partial charge is 0.0314 e. The lowest BCUT2D eigenvalue weighted by Gasteiger charge is -2.24. The highest BCUT2D eigenvalue weighted by Crippen LogP contribution is 2.48. The Kier molecular flexibility index (Phi) is 4.28. The van der Waals surface area contributed by atoms with Crippen LogP contribution in [0.25, 0.3) is 0 Å². The summed E-state index contributed by atoms with van der Waals surface area (Å²) in [6.07, 6.45) is 6.63. The molecule has 1 aromatic carbocycles. The van der Waals surface area contributed by atoms with Crippen LogP contribution in [0.3, 0.4) is 0 Å². The third-order valence-electron chi connectivity index (χ3n) is 4.09. The minimum atomic E-state index is 0.425. The minimum absolute atomic E-state index is 0.425. The van der Waals surface area contributed by atoms with Crippen LogP contribution in [0.4, 0.5) is 5.69 Å². The van der Waals surface area contributed by atoms with Gasteiger partial charge in [0.15, 0.2) is 0 Å². The molecule has 0 aliphatic heterocycles. The largest absolute Gasteiger partial charge is 0.399 e. The van der Waals surface area contributed by atoms with Crippen LogP contribution in [-0.4, -0.2) is 25.0 Å². The molecule has 0 saturated heterocycles. The fourth-order valence-corrected chi connectivity index (χ4v) is 2.75. The molecule has 0 unspecified atom stereocenters. The number of unbranched alkanes of at least 4 members (excludes halogenated alkanes) is 2. The summed E-state index contributed by atoms with van der Waals surface area (Å²) in [6, 6.07) is 8.49. The van der Waals surface area contributed by atoms with Crippen LogP contribution in [0.15, 0.2) is 24.3 Å². The first kappa shape index (κ1) is 13.4. The molecule has 100 valence electrons. The Morgan fingerprint density at radius 3 is 2.39 bits per heavy atom. The second kappa shape index (κ2) is 5.75. The van der Waals surface area contributed by atoms with Crippen molar-refractivity contribution in [3.05, 3.63) is 29.8 Å². The van der Waals surface area contributed by atoms with E-state index in [1.165, 1.54) is 50.8 Å². The summed E-state index contributed by atoms with van der Waals surface area (Å²) in [7, 11) is 2.26. The topological polar surface area (TPSA) is 29.3 Å². The molecule has 0 radical (unpaired) electrons. The van der Waals surface area contributed by atoms with Gasteiger partial charge < -0.3 is 10.6 Å². The zero-order valence-electron chi connectivity index (χ0n) is 11.8. The maximum Gasteiger partial charge on any atom is 0.0314 e. The van der Waals surface area contributed by atoms with Gasteiger partial charge in [0, 0.05) is 17.6 Å². The lowest BCUT2D eigenvalue weighted by atomic mass is 9.95. The molecule has 0 atom stereocenters. The SMILES string of the molecule is CCCCCN(C)CC1(c2ccc(N)cc2)CC1. The van der Waals surface area contributed by atoms with Crippen LogP contribution in [0.2, 0.25) is 0 Å². The van der Waals surface area contributed by atoms with E-state index in [9.17, 15) is 0 Å². The standard InChI is InChI=1S/C16H26N2/c1-3-4-5-12-18(2)13-16(10-11-16)14-6-8-15(17)9-7-14/h6-9H,3-5,10-13,17H2,1-2H3. The molecule has 0 aromatic heterocycles. The summed E-state index contributed by atoms with van der Waals surface area (Å²) in [5.41, 5.74) is 8.53. The molecule has 0 spiro atoms. The lowest BCUT2D eigenvalue weighted by molar-refractivity contribution is 0.295. The Hall–Kier alpha value is -1.02. The number of likely N-dealkylation sites (N-methyl/N-ethyl adjacent to an activating group) is 1.